The lowest BCUT2D eigenvalue weighted by molar-refractivity contribution is 0.576. The van der Waals surface area contributed by atoms with E-state index in [1.165, 1.54) is 4.88 Å². The quantitative estimate of drug-likeness (QED) is 0.834. The Morgan fingerprint density at radius 2 is 2.27 bits per heavy atom. The number of nitrogens with one attached hydrogen (secondary N) is 1. The Bertz CT molecular complexity index is 370. The van der Waals surface area contributed by atoms with Crippen molar-refractivity contribution in [3.63, 3.8) is 0 Å². The molecule has 3 nitrogen and oxygen atoms in total. The molecule has 0 fully saturated rings. The number of rotatable bonds is 6. The molecule has 1 unspecified atom stereocenters. The van der Waals surface area contributed by atoms with E-state index in [1.807, 2.05) is 18.4 Å². The lowest BCUT2D eigenvalue weighted by Crippen LogP contribution is -2.25. The third kappa shape index (κ3) is 4.32. The van der Waals surface area contributed by atoms with Gasteiger partial charge in [-0.2, -0.15) is 0 Å². The van der Waals surface area contributed by atoms with Crippen molar-refractivity contribution < 1.29 is 8.42 Å². The van der Waals surface area contributed by atoms with E-state index in [4.69, 9.17) is 0 Å². The molecule has 1 rings (SSSR count). The van der Waals surface area contributed by atoms with Gasteiger partial charge in [-0.1, -0.05) is 13.0 Å². The summed E-state index contributed by atoms with van der Waals surface area (Å²) in [5.74, 6) is 0.446. The highest BCUT2D eigenvalue weighted by Gasteiger charge is 2.09. The Balaban J connectivity index is 2.33. The summed E-state index contributed by atoms with van der Waals surface area (Å²) in [5.41, 5.74) is 0. The molecular weight excluding hydrogens is 230 g/mol. The minimum Gasteiger partial charge on any atom is -0.308 e. The second kappa shape index (κ2) is 5.63. The molecule has 0 bridgehead atoms. The summed E-state index contributed by atoms with van der Waals surface area (Å²) in [5, 5.41) is 5.23. The summed E-state index contributed by atoms with van der Waals surface area (Å²) in [4.78, 5) is 1.24. The van der Waals surface area contributed by atoms with E-state index in [-0.39, 0.29) is 17.5 Å². The molecule has 0 aromatic carbocycles. The van der Waals surface area contributed by atoms with Crippen molar-refractivity contribution in [2.75, 3.05) is 18.1 Å². The zero-order chi connectivity index (χ0) is 11.3. The molecule has 5 heteroatoms. The molecule has 0 aliphatic rings. The maximum Gasteiger partial charge on any atom is 0.151 e. The molecule has 1 atom stereocenters. The van der Waals surface area contributed by atoms with Crippen LogP contribution in [0.15, 0.2) is 17.5 Å². The third-order valence-electron chi connectivity index (χ3n) is 2.27. The Kier molecular flexibility index (Phi) is 4.76. The van der Waals surface area contributed by atoms with Crippen molar-refractivity contribution in [3.05, 3.63) is 22.4 Å². The van der Waals surface area contributed by atoms with Gasteiger partial charge in [-0.25, -0.2) is 8.42 Å². The predicted molar refractivity (Wildman–Crippen MR) is 65.1 cm³/mol. The molecule has 0 spiro atoms. The highest BCUT2D eigenvalue weighted by atomic mass is 32.2. The summed E-state index contributed by atoms with van der Waals surface area (Å²) in [6.07, 6.45) is 0. The van der Waals surface area contributed by atoms with E-state index in [9.17, 15) is 8.42 Å². The Morgan fingerprint density at radius 3 is 2.80 bits per heavy atom. The average Bonchev–Trinajstić information content (AvgIpc) is 2.70. The van der Waals surface area contributed by atoms with Crippen LogP contribution in [0.5, 0.6) is 0 Å². The van der Waals surface area contributed by atoms with Gasteiger partial charge in [0.15, 0.2) is 9.84 Å². The van der Waals surface area contributed by atoms with Gasteiger partial charge in [-0.3, -0.25) is 0 Å². The molecule has 1 aromatic heterocycles. The molecule has 15 heavy (non-hydrogen) atoms. The zero-order valence-electron chi connectivity index (χ0n) is 9.06. The van der Waals surface area contributed by atoms with Gasteiger partial charge in [0.2, 0.25) is 0 Å². The van der Waals surface area contributed by atoms with Crippen LogP contribution in [0.3, 0.4) is 0 Å². The molecule has 1 aromatic rings. The Morgan fingerprint density at radius 1 is 1.53 bits per heavy atom. The molecule has 0 saturated heterocycles. The number of hydrogen-bond donors (Lipinski definition) is 1. The first-order valence-electron chi connectivity index (χ1n) is 5.02. The first kappa shape index (κ1) is 12.7. The number of sulfone groups is 1. The van der Waals surface area contributed by atoms with Crippen molar-refractivity contribution in [2.45, 2.75) is 19.9 Å². The normalized spacial score (nSPS) is 14.0. The van der Waals surface area contributed by atoms with Crippen LogP contribution in [0.2, 0.25) is 0 Å². The van der Waals surface area contributed by atoms with E-state index in [0.717, 1.165) is 0 Å². The van der Waals surface area contributed by atoms with Crippen molar-refractivity contribution in [2.24, 2.45) is 0 Å². The van der Waals surface area contributed by atoms with Crippen molar-refractivity contribution in [1.29, 1.82) is 0 Å². The van der Waals surface area contributed by atoms with Gasteiger partial charge >= 0.3 is 0 Å². The first-order chi connectivity index (χ1) is 7.05. The number of thiophene rings is 1. The lowest BCUT2D eigenvalue weighted by Gasteiger charge is -2.11. The van der Waals surface area contributed by atoms with Gasteiger partial charge in [-0.05, 0) is 18.4 Å². The first-order valence-corrected chi connectivity index (χ1v) is 7.72. The van der Waals surface area contributed by atoms with E-state index in [0.29, 0.717) is 6.54 Å². The summed E-state index contributed by atoms with van der Waals surface area (Å²) in [7, 11) is -2.84. The lowest BCUT2D eigenvalue weighted by atomic mass is 10.3. The van der Waals surface area contributed by atoms with Crippen LogP contribution in [0.25, 0.3) is 0 Å². The second-order valence-corrected chi connectivity index (χ2v) is 6.88. The van der Waals surface area contributed by atoms with Gasteiger partial charge in [0.05, 0.1) is 5.75 Å². The van der Waals surface area contributed by atoms with E-state index >= 15 is 0 Å². The molecular formula is C10H17NO2S2. The third-order valence-corrected chi connectivity index (χ3v) is 5.03. The van der Waals surface area contributed by atoms with Crippen molar-refractivity contribution >= 4 is 21.2 Å². The standard InChI is InChI=1S/C10H17NO2S2/c1-3-15(12,13)8-6-11-9(2)10-5-4-7-14-10/h4-5,7,9,11H,3,6,8H2,1-2H3. The van der Waals surface area contributed by atoms with Gasteiger partial charge in [0.1, 0.15) is 0 Å². The summed E-state index contributed by atoms with van der Waals surface area (Å²) in [6, 6.07) is 4.29. The molecule has 1 N–H and O–H groups in total. The fraction of sp³-hybridized carbons (Fsp3) is 0.600. The Hall–Kier alpha value is -0.390. The molecule has 86 valence electrons. The minimum atomic E-state index is -2.84. The van der Waals surface area contributed by atoms with Crippen LogP contribution in [-0.2, 0) is 9.84 Å². The summed E-state index contributed by atoms with van der Waals surface area (Å²) in [6.45, 7) is 4.25. The molecule has 0 saturated carbocycles. The van der Waals surface area contributed by atoms with Crippen LogP contribution in [0.4, 0.5) is 0 Å². The zero-order valence-corrected chi connectivity index (χ0v) is 10.7. The van der Waals surface area contributed by atoms with Gasteiger partial charge < -0.3 is 5.32 Å². The minimum absolute atomic E-state index is 0.221. The van der Waals surface area contributed by atoms with Gasteiger partial charge in [0.25, 0.3) is 0 Å². The predicted octanol–water partition coefficient (Wildman–Crippen LogP) is 1.83. The van der Waals surface area contributed by atoms with Crippen molar-refractivity contribution in [3.8, 4) is 0 Å². The highest BCUT2D eigenvalue weighted by molar-refractivity contribution is 7.91. The van der Waals surface area contributed by atoms with Crippen LogP contribution < -0.4 is 5.32 Å². The second-order valence-electron chi connectivity index (χ2n) is 3.43. The Labute approximate surface area is 95.4 Å². The average molecular weight is 247 g/mol. The SMILES string of the molecule is CCS(=O)(=O)CCNC(C)c1cccs1. The van der Waals surface area contributed by atoms with Crippen molar-refractivity contribution in [1.82, 2.24) is 5.32 Å². The summed E-state index contributed by atoms with van der Waals surface area (Å²) >= 11 is 1.68. The van der Waals surface area contributed by atoms with E-state index in [1.54, 1.807) is 18.3 Å². The maximum atomic E-state index is 11.2. The monoisotopic (exact) mass is 247 g/mol. The fourth-order valence-corrected chi connectivity index (χ4v) is 2.69. The highest BCUT2D eigenvalue weighted by Crippen LogP contribution is 2.17. The molecule has 1 heterocycles. The molecule has 0 aliphatic carbocycles. The molecule has 0 aliphatic heterocycles. The van der Waals surface area contributed by atoms with Crippen LogP contribution in [0.1, 0.15) is 24.8 Å². The topological polar surface area (TPSA) is 46.2 Å². The largest absolute Gasteiger partial charge is 0.308 e. The molecule has 0 radical (unpaired) electrons. The number of hydrogen-bond acceptors (Lipinski definition) is 4. The van der Waals surface area contributed by atoms with Crippen LogP contribution >= 0.6 is 11.3 Å². The van der Waals surface area contributed by atoms with E-state index < -0.39 is 9.84 Å². The maximum absolute atomic E-state index is 11.2. The molecule has 0 amide bonds. The van der Waals surface area contributed by atoms with Gasteiger partial charge in [0, 0.05) is 23.2 Å². The smallest absolute Gasteiger partial charge is 0.151 e. The van der Waals surface area contributed by atoms with E-state index in [2.05, 4.69) is 11.4 Å². The summed E-state index contributed by atoms with van der Waals surface area (Å²) < 4.78 is 22.5. The fourth-order valence-electron chi connectivity index (χ4n) is 1.21. The van der Waals surface area contributed by atoms with Crippen LogP contribution in [-0.4, -0.2) is 26.5 Å². The van der Waals surface area contributed by atoms with Gasteiger partial charge in [-0.15, -0.1) is 11.3 Å². The van der Waals surface area contributed by atoms with Crippen LogP contribution in [0, 0.1) is 0 Å².